The molecule has 106 valence electrons. The van der Waals surface area contributed by atoms with Gasteiger partial charge in [-0.1, -0.05) is 45.0 Å². The lowest BCUT2D eigenvalue weighted by atomic mass is 9.86. The first kappa shape index (κ1) is 14.7. The van der Waals surface area contributed by atoms with Crippen LogP contribution >= 0.6 is 11.3 Å². The Kier molecular flexibility index (Phi) is 3.95. The summed E-state index contributed by atoms with van der Waals surface area (Å²) >= 11 is 1.49. The van der Waals surface area contributed by atoms with Gasteiger partial charge in [0.25, 0.3) is 0 Å². The largest absolute Gasteiger partial charge is 0.506 e. The van der Waals surface area contributed by atoms with E-state index in [1.54, 1.807) is 6.92 Å². The van der Waals surface area contributed by atoms with Crippen molar-refractivity contribution in [3.8, 4) is 16.2 Å². The van der Waals surface area contributed by atoms with Crippen molar-refractivity contribution >= 4 is 11.3 Å². The molecule has 1 unspecified atom stereocenters. The number of rotatable bonds is 3. The number of aromatic hydroxyl groups is 1. The molecule has 0 saturated carbocycles. The van der Waals surface area contributed by atoms with E-state index in [4.69, 9.17) is 5.53 Å². The van der Waals surface area contributed by atoms with Gasteiger partial charge in [0.2, 0.25) is 0 Å². The highest BCUT2D eigenvalue weighted by atomic mass is 32.1. The summed E-state index contributed by atoms with van der Waals surface area (Å²) in [5.74, 6) is 0.252. The van der Waals surface area contributed by atoms with E-state index in [2.05, 4.69) is 38.0 Å². The lowest BCUT2D eigenvalue weighted by Gasteiger charge is -2.19. The molecule has 20 heavy (non-hydrogen) atoms. The van der Waals surface area contributed by atoms with Crippen molar-refractivity contribution in [2.75, 3.05) is 0 Å². The van der Waals surface area contributed by atoms with E-state index in [0.29, 0.717) is 0 Å². The maximum Gasteiger partial charge on any atom is 0.139 e. The summed E-state index contributed by atoms with van der Waals surface area (Å²) in [5, 5.41) is 15.6. The third kappa shape index (κ3) is 2.75. The van der Waals surface area contributed by atoms with Crippen LogP contribution < -0.4 is 0 Å². The number of nitrogens with zero attached hydrogens (tertiary/aromatic N) is 1. The molecule has 1 aromatic heterocycles. The van der Waals surface area contributed by atoms with Crippen LogP contribution in [0.2, 0.25) is 0 Å². The van der Waals surface area contributed by atoms with Crippen LogP contribution in [0.3, 0.4) is 0 Å². The summed E-state index contributed by atoms with van der Waals surface area (Å²) in [6.07, 6.45) is 0. The number of hydrogen-bond acceptors (Lipinski definition) is 4. The van der Waals surface area contributed by atoms with Gasteiger partial charge in [0.05, 0.1) is 10.9 Å². The molecule has 2 N–H and O–H groups in total. The van der Waals surface area contributed by atoms with Crippen molar-refractivity contribution in [2.45, 2.75) is 39.2 Å². The molecule has 0 aliphatic heterocycles. The van der Waals surface area contributed by atoms with Gasteiger partial charge in [-0.05, 0) is 23.5 Å². The first-order valence-corrected chi connectivity index (χ1v) is 7.50. The van der Waals surface area contributed by atoms with Crippen molar-refractivity contribution in [1.82, 2.24) is 0 Å². The van der Waals surface area contributed by atoms with Crippen LogP contribution in [-0.2, 0) is 5.41 Å². The average Bonchev–Trinajstić information content (AvgIpc) is 2.79. The molecule has 0 bridgehead atoms. The second kappa shape index (κ2) is 5.37. The lowest BCUT2D eigenvalue weighted by molar-refractivity contribution is 0.467. The average molecular weight is 288 g/mol. The van der Waals surface area contributed by atoms with Crippen molar-refractivity contribution in [3.63, 3.8) is 0 Å². The summed E-state index contributed by atoms with van der Waals surface area (Å²) in [4.78, 5) is 0.843. The summed E-state index contributed by atoms with van der Waals surface area (Å²) in [7, 11) is 0. The van der Waals surface area contributed by atoms with Crippen LogP contribution in [0.5, 0.6) is 5.75 Å². The molecular formula is C16H20N2OS. The molecule has 4 heteroatoms. The Labute approximate surface area is 123 Å². The maximum atomic E-state index is 10.3. The fourth-order valence-corrected chi connectivity index (χ4v) is 3.11. The maximum absolute atomic E-state index is 10.3. The smallest absolute Gasteiger partial charge is 0.139 e. The minimum Gasteiger partial charge on any atom is -0.506 e. The monoisotopic (exact) mass is 288 g/mol. The Hall–Kier alpha value is -1.68. The quantitative estimate of drug-likeness (QED) is 0.719. The van der Waals surface area contributed by atoms with Gasteiger partial charge in [-0.3, -0.25) is 0 Å². The highest BCUT2D eigenvalue weighted by Gasteiger charge is 2.18. The number of nitrogens with one attached hydrogen (secondary N) is 1. The molecule has 0 aliphatic carbocycles. The van der Waals surface area contributed by atoms with Gasteiger partial charge in [-0.2, -0.15) is 5.11 Å². The number of thiophene rings is 1. The Morgan fingerprint density at radius 2 is 1.80 bits per heavy atom. The van der Waals surface area contributed by atoms with Crippen LogP contribution in [-0.4, -0.2) is 5.11 Å². The van der Waals surface area contributed by atoms with Gasteiger partial charge in [0.1, 0.15) is 5.75 Å². The molecule has 0 saturated heterocycles. The highest BCUT2D eigenvalue weighted by molar-refractivity contribution is 7.14. The molecule has 1 atom stereocenters. The zero-order valence-electron chi connectivity index (χ0n) is 12.3. The Morgan fingerprint density at radius 3 is 2.30 bits per heavy atom. The minimum atomic E-state index is -0.297. The molecule has 0 spiro atoms. The molecule has 0 amide bonds. The lowest BCUT2D eigenvalue weighted by Crippen LogP contribution is -2.10. The molecule has 1 heterocycles. The van der Waals surface area contributed by atoms with Gasteiger partial charge >= 0.3 is 0 Å². The van der Waals surface area contributed by atoms with Crippen LogP contribution in [0.1, 0.15) is 44.9 Å². The molecular weight excluding hydrogens is 268 g/mol. The van der Waals surface area contributed by atoms with E-state index in [9.17, 15) is 5.11 Å². The van der Waals surface area contributed by atoms with Gasteiger partial charge in [0, 0.05) is 10.9 Å². The second-order valence-corrected chi connectivity index (χ2v) is 6.88. The first-order valence-electron chi connectivity index (χ1n) is 6.62. The first-order chi connectivity index (χ1) is 9.34. The van der Waals surface area contributed by atoms with Crippen LogP contribution in [0, 0.1) is 5.53 Å². The van der Waals surface area contributed by atoms with E-state index < -0.39 is 0 Å². The Balaban J connectivity index is 2.38. The number of benzene rings is 1. The van der Waals surface area contributed by atoms with Crippen molar-refractivity contribution in [1.29, 1.82) is 5.53 Å². The van der Waals surface area contributed by atoms with Gasteiger partial charge in [-0.15, -0.1) is 11.3 Å². The second-order valence-electron chi connectivity index (χ2n) is 6.00. The third-order valence-electron chi connectivity index (χ3n) is 3.45. The van der Waals surface area contributed by atoms with E-state index in [1.807, 2.05) is 17.5 Å². The van der Waals surface area contributed by atoms with Gasteiger partial charge in [0.15, 0.2) is 0 Å². The van der Waals surface area contributed by atoms with Crippen molar-refractivity contribution in [2.24, 2.45) is 5.11 Å². The molecule has 3 nitrogen and oxygen atoms in total. The van der Waals surface area contributed by atoms with E-state index >= 15 is 0 Å². The zero-order valence-corrected chi connectivity index (χ0v) is 13.1. The summed E-state index contributed by atoms with van der Waals surface area (Å²) in [6.45, 7) is 8.35. The third-order valence-corrected chi connectivity index (χ3v) is 4.49. The predicted octanol–water partition coefficient (Wildman–Crippen LogP) is 5.51. The van der Waals surface area contributed by atoms with E-state index in [0.717, 1.165) is 16.0 Å². The Morgan fingerprint density at radius 1 is 1.20 bits per heavy atom. The van der Waals surface area contributed by atoms with Crippen LogP contribution in [0.25, 0.3) is 10.4 Å². The van der Waals surface area contributed by atoms with Crippen LogP contribution in [0.15, 0.2) is 34.8 Å². The van der Waals surface area contributed by atoms with E-state index in [-0.39, 0.29) is 17.2 Å². The highest BCUT2D eigenvalue weighted by Crippen LogP contribution is 2.42. The van der Waals surface area contributed by atoms with Crippen molar-refractivity contribution in [3.05, 3.63) is 40.8 Å². The Bertz CT molecular complexity index is 608. The molecule has 2 rings (SSSR count). The van der Waals surface area contributed by atoms with Crippen molar-refractivity contribution < 1.29 is 5.11 Å². The molecule has 0 fully saturated rings. The summed E-state index contributed by atoms with van der Waals surface area (Å²) < 4.78 is 0. The summed E-state index contributed by atoms with van der Waals surface area (Å²) in [5.41, 5.74) is 10.2. The minimum absolute atomic E-state index is 0.125. The normalized spacial score (nSPS) is 13.2. The molecule has 2 aromatic rings. The van der Waals surface area contributed by atoms with Gasteiger partial charge in [-0.25, -0.2) is 5.53 Å². The fourth-order valence-electron chi connectivity index (χ4n) is 2.06. The summed E-state index contributed by atoms with van der Waals surface area (Å²) in [6, 6.07) is 7.99. The standard InChI is InChI=1S/C16H20N2OS/c1-10(18-17)13-9-20-15(14(13)19)11-5-7-12(8-6-11)16(2,3)4/h5-10,17,19H,1-4H3. The predicted molar refractivity (Wildman–Crippen MR) is 83.7 cm³/mol. The topological polar surface area (TPSA) is 56.4 Å². The number of hydrogen-bond donors (Lipinski definition) is 2. The molecule has 0 radical (unpaired) electrons. The fraction of sp³-hybridized carbons (Fsp3) is 0.375. The molecule has 1 aromatic carbocycles. The SMILES string of the molecule is CC(N=N)c1csc(-c2ccc(C(C)(C)C)cc2)c1O. The van der Waals surface area contributed by atoms with E-state index in [1.165, 1.54) is 16.9 Å². The van der Waals surface area contributed by atoms with Gasteiger partial charge < -0.3 is 5.11 Å². The molecule has 0 aliphatic rings. The zero-order chi connectivity index (χ0) is 14.9. The van der Waals surface area contributed by atoms with Crippen LogP contribution in [0.4, 0.5) is 0 Å².